The summed E-state index contributed by atoms with van der Waals surface area (Å²) in [6.45, 7) is 24.8. The molecule has 0 N–H and O–H groups in total. The molecule has 0 aliphatic rings. The maximum Gasteiger partial charge on any atom is 0.123 e. The van der Waals surface area contributed by atoms with Gasteiger partial charge in [0.2, 0.25) is 0 Å². The number of hydrogen-bond donors (Lipinski definition) is 0. The first kappa shape index (κ1) is 19.7. The zero-order valence-electron chi connectivity index (χ0n) is 14.3. The Hall–Kier alpha value is 1.70. The Morgan fingerprint density at radius 1 is 0.722 bits per heavy atom. The van der Waals surface area contributed by atoms with Crippen molar-refractivity contribution in [2.45, 2.75) is 69.4 Å². The van der Waals surface area contributed by atoms with Gasteiger partial charge in [-0.25, -0.2) is 0 Å². The molecule has 0 radical (unpaired) electrons. The van der Waals surface area contributed by atoms with E-state index in [9.17, 15) is 0 Å². The summed E-state index contributed by atoms with van der Waals surface area (Å²) in [5.41, 5.74) is 0. The minimum absolute atomic E-state index is 0.694. The van der Waals surface area contributed by atoms with E-state index in [4.69, 9.17) is 0 Å². The van der Waals surface area contributed by atoms with Crippen LogP contribution in [0.2, 0.25) is 69.4 Å². The first-order valence-electron chi connectivity index (χ1n) is 6.80. The maximum absolute atomic E-state index is 4.28. The van der Waals surface area contributed by atoms with Crippen LogP contribution in [-0.4, -0.2) is 36.3 Å². The molecule has 18 heavy (non-hydrogen) atoms. The Morgan fingerprint density at radius 3 is 1.06 bits per heavy atom. The van der Waals surface area contributed by atoms with Gasteiger partial charge in [-0.1, -0.05) is 65.5 Å². The number of hydrogen-bond acceptors (Lipinski definition) is 1. The zero-order valence-corrected chi connectivity index (χ0v) is 20.7. The SMILES string of the molecule is CS[Si](C)(C)C([Si](C)(C)C)([Si](C)(C)C)[Si](C)(C)Br. The van der Waals surface area contributed by atoms with Crippen LogP contribution in [0.15, 0.2) is 0 Å². The Kier molecular flexibility index (Phi) is 5.99. The zero-order chi connectivity index (χ0) is 15.2. The van der Waals surface area contributed by atoms with E-state index in [1.807, 2.05) is 0 Å². The second-order valence-corrected chi connectivity index (χ2v) is 40.0. The third-order valence-electron chi connectivity index (χ3n) is 4.56. The average Bonchev–Trinajstić information content (AvgIpc) is 1.94. The molecule has 0 unspecified atom stereocenters. The van der Waals surface area contributed by atoms with Crippen LogP contribution >= 0.6 is 26.5 Å². The lowest BCUT2D eigenvalue weighted by molar-refractivity contribution is 1.23. The summed E-state index contributed by atoms with van der Waals surface area (Å²) >= 11 is 6.51. The highest BCUT2D eigenvalue weighted by Gasteiger charge is 2.68. The second kappa shape index (κ2) is 5.48. The number of rotatable bonds is 5. The molecule has 0 saturated carbocycles. The van der Waals surface area contributed by atoms with Crippen molar-refractivity contribution in [1.82, 2.24) is 0 Å². The molecule has 0 amide bonds. The molecule has 0 saturated heterocycles. The summed E-state index contributed by atoms with van der Waals surface area (Å²) in [7, 11) is -3.80. The fraction of sp³-hybridized carbons (Fsp3) is 1.00. The average molecular weight is 402 g/mol. The topological polar surface area (TPSA) is 0 Å². The van der Waals surface area contributed by atoms with Crippen LogP contribution in [0.5, 0.6) is 0 Å². The molecular weight excluding hydrogens is 368 g/mol. The lowest BCUT2D eigenvalue weighted by Crippen LogP contribution is -2.73. The molecule has 0 aliphatic heterocycles. The van der Waals surface area contributed by atoms with E-state index in [0.717, 1.165) is 0 Å². The third kappa shape index (κ3) is 2.98. The highest BCUT2D eigenvalue weighted by atomic mass is 79.9. The van der Waals surface area contributed by atoms with Gasteiger partial charge in [-0.05, 0) is 10.2 Å². The van der Waals surface area contributed by atoms with Gasteiger partial charge >= 0.3 is 0 Å². The lowest BCUT2D eigenvalue weighted by Gasteiger charge is -2.64. The van der Waals surface area contributed by atoms with Gasteiger partial charge < -0.3 is 0 Å². The molecule has 0 aromatic rings. The van der Waals surface area contributed by atoms with E-state index in [1.165, 1.54) is 0 Å². The van der Waals surface area contributed by atoms with E-state index >= 15 is 0 Å². The van der Waals surface area contributed by atoms with Crippen LogP contribution in [0, 0.1) is 0 Å². The summed E-state index contributed by atoms with van der Waals surface area (Å²) < 4.78 is 0.694. The van der Waals surface area contributed by atoms with Gasteiger partial charge in [-0.3, -0.25) is 0 Å². The normalized spacial score (nSPS) is 16.0. The quantitative estimate of drug-likeness (QED) is 0.391. The Bertz CT molecular complexity index is 261. The molecule has 110 valence electrons. The molecule has 0 atom stereocenters. The first-order valence-corrected chi connectivity index (χ1v) is 24.0. The molecule has 0 aliphatic carbocycles. The van der Waals surface area contributed by atoms with E-state index < -0.39 is 30.1 Å². The molecule has 6 heteroatoms. The van der Waals surface area contributed by atoms with Crippen molar-refractivity contribution in [2.24, 2.45) is 0 Å². The Labute approximate surface area is 131 Å². The van der Waals surface area contributed by atoms with Gasteiger partial charge in [-0.2, -0.15) is 11.2 Å². The molecule has 0 aromatic heterocycles. The van der Waals surface area contributed by atoms with Gasteiger partial charge in [0, 0.05) is 16.1 Å². The van der Waals surface area contributed by atoms with Crippen molar-refractivity contribution < 1.29 is 0 Å². The van der Waals surface area contributed by atoms with Crippen molar-refractivity contribution in [2.75, 3.05) is 6.26 Å². The predicted octanol–water partition coefficient (Wildman–Crippen LogP) is 6.19. The van der Waals surface area contributed by atoms with E-state index in [-0.39, 0.29) is 0 Å². The summed E-state index contributed by atoms with van der Waals surface area (Å²) in [5.74, 6) is 0. The maximum atomic E-state index is 4.28. The van der Waals surface area contributed by atoms with Crippen LogP contribution in [-0.2, 0) is 0 Å². The van der Waals surface area contributed by atoms with Crippen LogP contribution in [0.25, 0.3) is 0 Å². The van der Waals surface area contributed by atoms with Crippen molar-refractivity contribution >= 4 is 56.6 Å². The van der Waals surface area contributed by atoms with Gasteiger partial charge in [0.25, 0.3) is 0 Å². The van der Waals surface area contributed by atoms with E-state index in [2.05, 4.69) is 98.2 Å². The fourth-order valence-electron chi connectivity index (χ4n) is 5.58. The third-order valence-corrected chi connectivity index (χ3v) is 49.1. The molecule has 0 heterocycles. The molecule has 0 fully saturated rings. The van der Waals surface area contributed by atoms with Gasteiger partial charge in [-0.15, -0.1) is 15.3 Å². The Morgan fingerprint density at radius 2 is 1.00 bits per heavy atom. The monoisotopic (exact) mass is 400 g/mol. The van der Waals surface area contributed by atoms with Gasteiger partial charge in [0.15, 0.2) is 0 Å². The van der Waals surface area contributed by atoms with Crippen LogP contribution in [0.3, 0.4) is 0 Å². The lowest BCUT2D eigenvalue weighted by atomic mass is 11.6. The van der Waals surface area contributed by atoms with Crippen molar-refractivity contribution in [3.8, 4) is 0 Å². The highest BCUT2D eigenvalue weighted by molar-refractivity contribution is 9.26. The standard InChI is InChI=1S/C12H33BrSSi4/c1-14-18(10,11)12(15(2,3)4,16(5,6)7)17(8,9)13/h1-11H3. The van der Waals surface area contributed by atoms with Crippen molar-refractivity contribution in [1.29, 1.82) is 0 Å². The van der Waals surface area contributed by atoms with E-state index in [1.54, 1.807) is 0 Å². The van der Waals surface area contributed by atoms with Crippen molar-refractivity contribution in [3.05, 3.63) is 0 Å². The minimum atomic E-state index is -1.39. The summed E-state index contributed by atoms with van der Waals surface area (Å²) in [5, 5.41) is 0. The van der Waals surface area contributed by atoms with E-state index in [0.29, 0.717) is 3.91 Å². The molecule has 0 spiro atoms. The van der Waals surface area contributed by atoms with Crippen LogP contribution in [0.1, 0.15) is 0 Å². The van der Waals surface area contributed by atoms with Crippen LogP contribution in [0.4, 0.5) is 0 Å². The summed E-state index contributed by atoms with van der Waals surface area (Å²) in [6, 6.07) is 0. The summed E-state index contributed by atoms with van der Waals surface area (Å²) in [6.07, 6.45) is 2.37. The minimum Gasteiger partial charge on any atom is -0.189 e. The molecule has 0 aromatic carbocycles. The molecular formula is C12H33BrSSi4. The fourth-order valence-corrected chi connectivity index (χ4v) is 77.2. The number of halogens is 1. The highest BCUT2D eigenvalue weighted by Crippen LogP contribution is 2.63. The predicted molar refractivity (Wildman–Crippen MR) is 107 cm³/mol. The molecule has 0 nitrogen and oxygen atoms in total. The molecule has 0 bridgehead atoms. The van der Waals surface area contributed by atoms with Crippen LogP contribution < -0.4 is 0 Å². The van der Waals surface area contributed by atoms with Gasteiger partial charge in [0.1, 0.15) is 13.9 Å². The molecule has 0 rings (SSSR count). The summed E-state index contributed by atoms with van der Waals surface area (Å²) in [4.78, 5) is 0. The smallest absolute Gasteiger partial charge is 0.123 e. The first-order chi connectivity index (χ1) is 7.56. The second-order valence-electron chi connectivity index (χ2n) is 8.44. The largest absolute Gasteiger partial charge is 0.189 e. The van der Waals surface area contributed by atoms with Crippen molar-refractivity contribution in [3.63, 3.8) is 0 Å². The Balaban J connectivity index is 6.47. The van der Waals surface area contributed by atoms with Gasteiger partial charge in [0.05, 0.1) is 0 Å².